The summed E-state index contributed by atoms with van der Waals surface area (Å²) in [5.74, 6) is -0.524. The first-order valence-corrected chi connectivity index (χ1v) is 6.27. The summed E-state index contributed by atoms with van der Waals surface area (Å²) in [5, 5.41) is 0.127. The fourth-order valence-corrected chi connectivity index (χ4v) is 1.34. The minimum Gasteiger partial charge on any atom is -0.455 e. The van der Waals surface area contributed by atoms with Crippen LogP contribution in [0.4, 0.5) is 0 Å². The lowest BCUT2D eigenvalue weighted by Crippen LogP contribution is -2.36. The van der Waals surface area contributed by atoms with Crippen LogP contribution in [-0.4, -0.2) is 41.8 Å². The van der Waals surface area contributed by atoms with Crippen molar-refractivity contribution in [2.75, 3.05) is 25.0 Å². The molecular weight excluding hydrogens is 262 g/mol. The average molecular weight is 280 g/mol. The summed E-state index contributed by atoms with van der Waals surface area (Å²) in [6.07, 6.45) is 1.83. The van der Waals surface area contributed by atoms with Gasteiger partial charge in [0.1, 0.15) is 5.33 Å². The standard InChI is InChI=1S/C10H18BrNO3/c1-3-5-12(6-4-2)9(13)8-15-10(14)7-11/h3-8H2,1-2H3. The Morgan fingerprint density at radius 3 is 2.13 bits per heavy atom. The van der Waals surface area contributed by atoms with E-state index < -0.39 is 5.97 Å². The number of hydrogen-bond donors (Lipinski definition) is 0. The van der Waals surface area contributed by atoms with Crippen LogP contribution in [-0.2, 0) is 14.3 Å². The van der Waals surface area contributed by atoms with E-state index in [1.807, 2.05) is 13.8 Å². The van der Waals surface area contributed by atoms with Gasteiger partial charge in [-0.05, 0) is 12.8 Å². The molecule has 0 N–H and O–H groups in total. The Balaban J connectivity index is 3.96. The minimum atomic E-state index is -0.406. The topological polar surface area (TPSA) is 46.6 Å². The maximum absolute atomic E-state index is 11.6. The fourth-order valence-electron chi connectivity index (χ4n) is 1.17. The lowest BCUT2D eigenvalue weighted by molar-refractivity contribution is -0.149. The van der Waals surface area contributed by atoms with Crippen LogP contribution in [0.15, 0.2) is 0 Å². The molecule has 0 aromatic carbocycles. The first-order valence-electron chi connectivity index (χ1n) is 5.15. The zero-order valence-electron chi connectivity index (χ0n) is 9.29. The van der Waals surface area contributed by atoms with Crippen molar-refractivity contribution in [1.29, 1.82) is 0 Å². The normalized spacial score (nSPS) is 9.80. The lowest BCUT2D eigenvalue weighted by Gasteiger charge is -2.20. The number of carbonyl (C=O) groups excluding carboxylic acids is 2. The zero-order valence-corrected chi connectivity index (χ0v) is 10.9. The molecule has 15 heavy (non-hydrogen) atoms. The van der Waals surface area contributed by atoms with E-state index in [0.717, 1.165) is 25.9 Å². The number of amides is 1. The van der Waals surface area contributed by atoms with Gasteiger partial charge in [-0.2, -0.15) is 0 Å². The van der Waals surface area contributed by atoms with Crippen LogP contribution in [0.2, 0.25) is 0 Å². The van der Waals surface area contributed by atoms with Gasteiger partial charge in [-0.3, -0.25) is 9.59 Å². The summed E-state index contributed by atoms with van der Waals surface area (Å²) in [6, 6.07) is 0. The molecule has 5 heteroatoms. The van der Waals surface area contributed by atoms with Crippen molar-refractivity contribution in [3.8, 4) is 0 Å². The van der Waals surface area contributed by atoms with E-state index >= 15 is 0 Å². The van der Waals surface area contributed by atoms with Gasteiger partial charge in [-0.15, -0.1) is 0 Å². The van der Waals surface area contributed by atoms with Gasteiger partial charge in [0.2, 0.25) is 0 Å². The van der Waals surface area contributed by atoms with Crippen molar-refractivity contribution in [1.82, 2.24) is 4.90 Å². The molecule has 0 rings (SSSR count). The summed E-state index contributed by atoms with van der Waals surface area (Å²) < 4.78 is 4.75. The Hall–Kier alpha value is -0.580. The van der Waals surface area contributed by atoms with Crippen LogP contribution in [0, 0.1) is 0 Å². The number of hydrogen-bond acceptors (Lipinski definition) is 3. The Kier molecular flexibility index (Phi) is 8.37. The Morgan fingerprint density at radius 1 is 1.20 bits per heavy atom. The summed E-state index contributed by atoms with van der Waals surface area (Å²) in [5.41, 5.74) is 0. The summed E-state index contributed by atoms with van der Waals surface area (Å²) >= 11 is 2.96. The van der Waals surface area contributed by atoms with E-state index in [4.69, 9.17) is 4.74 Å². The first kappa shape index (κ1) is 14.4. The third kappa shape index (κ3) is 6.49. The van der Waals surface area contributed by atoms with Gasteiger partial charge >= 0.3 is 5.97 Å². The zero-order chi connectivity index (χ0) is 11.7. The molecule has 0 fully saturated rings. The Morgan fingerprint density at radius 2 is 1.73 bits per heavy atom. The number of rotatable bonds is 7. The fraction of sp³-hybridized carbons (Fsp3) is 0.800. The van der Waals surface area contributed by atoms with E-state index in [1.54, 1.807) is 4.90 Å². The number of esters is 1. The number of halogens is 1. The molecule has 0 aliphatic heterocycles. The second-order valence-electron chi connectivity index (χ2n) is 3.18. The molecule has 0 spiro atoms. The molecule has 0 saturated heterocycles. The highest BCUT2D eigenvalue weighted by Crippen LogP contribution is 1.96. The van der Waals surface area contributed by atoms with Gasteiger partial charge in [-0.1, -0.05) is 29.8 Å². The van der Waals surface area contributed by atoms with E-state index in [-0.39, 0.29) is 17.8 Å². The van der Waals surface area contributed by atoms with Crippen molar-refractivity contribution in [2.24, 2.45) is 0 Å². The Labute approximate surface area is 99.1 Å². The largest absolute Gasteiger partial charge is 0.455 e. The van der Waals surface area contributed by atoms with E-state index in [9.17, 15) is 9.59 Å². The van der Waals surface area contributed by atoms with Crippen molar-refractivity contribution < 1.29 is 14.3 Å². The first-order chi connectivity index (χ1) is 7.15. The molecule has 88 valence electrons. The van der Waals surface area contributed by atoms with Crippen molar-refractivity contribution >= 4 is 27.8 Å². The quantitative estimate of drug-likeness (QED) is 0.525. The minimum absolute atomic E-state index is 0.118. The van der Waals surface area contributed by atoms with Crippen molar-refractivity contribution in [2.45, 2.75) is 26.7 Å². The molecule has 4 nitrogen and oxygen atoms in total. The number of carbonyl (C=O) groups is 2. The van der Waals surface area contributed by atoms with Crippen molar-refractivity contribution in [3.05, 3.63) is 0 Å². The van der Waals surface area contributed by atoms with Gasteiger partial charge in [0, 0.05) is 13.1 Å². The monoisotopic (exact) mass is 279 g/mol. The maximum atomic E-state index is 11.6. The second kappa shape index (κ2) is 8.71. The molecule has 0 bridgehead atoms. The summed E-state index contributed by atoms with van der Waals surface area (Å²) in [7, 11) is 0. The molecule has 0 aromatic rings. The molecule has 0 aliphatic rings. The van der Waals surface area contributed by atoms with E-state index in [2.05, 4.69) is 15.9 Å². The summed E-state index contributed by atoms with van der Waals surface area (Å²) in [4.78, 5) is 24.1. The van der Waals surface area contributed by atoms with Crippen LogP contribution < -0.4 is 0 Å². The number of nitrogens with zero attached hydrogens (tertiary/aromatic N) is 1. The lowest BCUT2D eigenvalue weighted by atomic mass is 10.3. The third-order valence-corrected chi connectivity index (χ3v) is 2.26. The Bertz CT molecular complexity index is 203. The molecule has 0 radical (unpaired) electrons. The van der Waals surface area contributed by atoms with Crippen LogP contribution in [0.25, 0.3) is 0 Å². The molecule has 1 amide bonds. The molecule has 0 atom stereocenters. The van der Waals surface area contributed by atoms with Gasteiger partial charge in [-0.25, -0.2) is 0 Å². The van der Waals surface area contributed by atoms with Gasteiger partial charge < -0.3 is 9.64 Å². The summed E-state index contributed by atoms with van der Waals surface area (Å²) in [6.45, 7) is 5.32. The molecule has 0 saturated carbocycles. The highest BCUT2D eigenvalue weighted by atomic mass is 79.9. The van der Waals surface area contributed by atoms with E-state index in [0.29, 0.717) is 0 Å². The highest BCUT2D eigenvalue weighted by Gasteiger charge is 2.13. The number of ether oxygens (including phenoxy) is 1. The number of alkyl halides is 1. The molecule has 0 aliphatic carbocycles. The molecular formula is C10H18BrNO3. The van der Waals surface area contributed by atoms with Crippen molar-refractivity contribution in [3.63, 3.8) is 0 Å². The second-order valence-corrected chi connectivity index (χ2v) is 3.74. The third-order valence-electron chi connectivity index (χ3n) is 1.81. The smallest absolute Gasteiger partial charge is 0.317 e. The van der Waals surface area contributed by atoms with Crippen LogP contribution >= 0.6 is 15.9 Å². The predicted octanol–water partition coefficient (Wildman–Crippen LogP) is 1.57. The van der Waals surface area contributed by atoms with E-state index in [1.165, 1.54) is 0 Å². The maximum Gasteiger partial charge on any atom is 0.317 e. The molecule has 0 heterocycles. The SMILES string of the molecule is CCCN(CCC)C(=O)COC(=O)CBr. The van der Waals surface area contributed by atoms with Crippen LogP contribution in [0.3, 0.4) is 0 Å². The highest BCUT2D eigenvalue weighted by molar-refractivity contribution is 9.09. The van der Waals surface area contributed by atoms with Gasteiger partial charge in [0.25, 0.3) is 5.91 Å². The average Bonchev–Trinajstić information content (AvgIpc) is 2.25. The van der Waals surface area contributed by atoms with Crippen LogP contribution in [0.1, 0.15) is 26.7 Å². The predicted molar refractivity (Wildman–Crippen MR) is 61.9 cm³/mol. The molecule has 0 unspecified atom stereocenters. The van der Waals surface area contributed by atoms with Gasteiger partial charge in [0.05, 0.1) is 0 Å². The van der Waals surface area contributed by atoms with Crippen LogP contribution in [0.5, 0.6) is 0 Å². The molecule has 0 aromatic heterocycles. The van der Waals surface area contributed by atoms with Gasteiger partial charge in [0.15, 0.2) is 6.61 Å².